The third-order valence-electron chi connectivity index (χ3n) is 10.7. The van der Waals surface area contributed by atoms with E-state index in [-0.39, 0.29) is 0 Å². The van der Waals surface area contributed by atoms with Crippen LogP contribution in [0.5, 0.6) is 0 Å². The van der Waals surface area contributed by atoms with Gasteiger partial charge in [0.2, 0.25) is 0 Å². The molecule has 0 radical (unpaired) electrons. The fourth-order valence-corrected chi connectivity index (χ4v) is 9.97. The van der Waals surface area contributed by atoms with Crippen LogP contribution in [0.2, 0.25) is 0 Å². The van der Waals surface area contributed by atoms with Crippen LogP contribution in [-0.2, 0) is 0 Å². The molecular formula is C46H29NS. The molecule has 0 bridgehead atoms. The first-order valence-corrected chi connectivity index (χ1v) is 17.6. The molecule has 2 heteroatoms. The number of rotatable bonds is 3. The summed E-state index contributed by atoms with van der Waals surface area (Å²) in [4.78, 5) is 1.43. The van der Waals surface area contributed by atoms with Crippen molar-refractivity contribution in [1.29, 1.82) is 0 Å². The van der Waals surface area contributed by atoms with Crippen LogP contribution < -0.4 is 0 Å². The predicted molar refractivity (Wildman–Crippen MR) is 206 cm³/mol. The molecule has 1 aliphatic carbocycles. The van der Waals surface area contributed by atoms with Crippen LogP contribution in [0.3, 0.4) is 0 Å². The average molecular weight is 628 g/mol. The summed E-state index contributed by atoms with van der Waals surface area (Å²) in [6.07, 6.45) is 9.10. The third-order valence-corrected chi connectivity index (χ3v) is 12.1. The number of hydrogen-bond donors (Lipinski definition) is 0. The third kappa shape index (κ3) is 3.69. The van der Waals surface area contributed by atoms with Crippen LogP contribution in [0.1, 0.15) is 11.5 Å². The highest BCUT2D eigenvalue weighted by Crippen LogP contribution is 2.52. The zero-order valence-electron chi connectivity index (χ0n) is 26.1. The van der Waals surface area contributed by atoms with Crippen molar-refractivity contribution in [1.82, 2.24) is 4.57 Å². The van der Waals surface area contributed by atoms with Gasteiger partial charge in [-0.15, -0.1) is 11.8 Å². The number of para-hydroxylation sites is 1. The van der Waals surface area contributed by atoms with E-state index in [1.54, 1.807) is 0 Å². The summed E-state index contributed by atoms with van der Waals surface area (Å²) in [5.74, 6) is 0.463. The molecule has 2 heterocycles. The molecule has 0 saturated carbocycles. The lowest BCUT2D eigenvalue weighted by molar-refractivity contribution is 0.881. The minimum Gasteiger partial charge on any atom is -0.309 e. The zero-order chi connectivity index (χ0) is 31.3. The van der Waals surface area contributed by atoms with Gasteiger partial charge in [0.25, 0.3) is 0 Å². The first-order chi connectivity index (χ1) is 23.8. The quantitative estimate of drug-likeness (QED) is 0.176. The number of thioether (sulfide) groups is 1. The summed E-state index contributed by atoms with van der Waals surface area (Å²) in [6.45, 7) is 0. The van der Waals surface area contributed by atoms with Gasteiger partial charge in [0.1, 0.15) is 0 Å². The molecule has 0 fully saturated rings. The van der Waals surface area contributed by atoms with Gasteiger partial charge in [-0.05, 0) is 90.5 Å². The Morgan fingerprint density at radius 3 is 2.10 bits per heavy atom. The van der Waals surface area contributed by atoms with Crippen LogP contribution in [0.25, 0.3) is 82.1 Å². The van der Waals surface area contributed by atoms with Gasteiger partial charge in [-0.3, -0.25) is 0 Å². The number of aromatic nitrogens is 1. The zero-order valence-corrected chi connectivity index (χ0v) is 26.9. The lowest BCUT2D eigenvalue weighted by Gasteiger charge is -2.15. The number of fused-ring (bicyclic) bond motifs is 6. The molecule has 11 rings (SSSR count). The summed E-state index contributed by atoms with van der Waals surface area (Å²) in [5.41, 5.74) is 10.2. The Balaban J connectivity index is 1.04. The Bertz CT molecular complexity index is 2800. The standard InChI is InChI=1S/C46H29NS/c1-3-13-41-36(9-1)40-27-32(35-11-6-12-39-37-10-2-4-14-43(37)48-46(35)39)21-26-42(40)47(41)33-22-17-28(18-23-33)34-24-19-31-16-15-29-7-5-8-30-20-25-38(34)45(31)44(29)30/h1-27,37,43H. The van der Waals surface area contributed by atoms with Crippen molar-refractivity contribution < 1.29 is 0 Å². The fourth-order valence-electron chi connectivity index (χ4n) is 8.49. The highest BCUT2D eigenvalue weighted by atomic mass is 32.2. The lowest BCUT2D eigenvalue weighted by atomic mass is 9.90. The normalized spacial score (nSPS) is 16.9. The van der Waals surface area contributed by atoms with Gasteiger partial charge in [-0.2, -0.15) is 0 Å². The number of hydrogen-bond acceptors (Lipinski definition) is 1. The van der Waals surface area contributed by atoms with Crippen LogP contribution in [-0.4, -0.2) is 9.82 Å². The highest BCUT2D eigenvalue weighted by Gasteiger charge is 2.32. The van der Waals surface area contributed by atoms with E-state index < -0.39 is 0 Å². The first kappa shape index (κ1) is 26.5. The Kier molecular flexibility index (Phi) is 5.50. The molecule has 1 aliphatic heterocycles. The van der Waals surface area contributed by atoms with Crippen LogP contribution >= 0.6 is 11.8 Å². The number of nitrogens with zero attached hydrogens (tertiary/aromatic N) is 1. The SMILES string of the molecule is C1=CC2Sc3c(-c4ccc5c(c4)c4ccccc4n5-c4ccc(-c5ccc6ccc7cccc8ccc5c6c78)cc4)cccc3C2C=C1. The highest BCUT2D eigenvalue weighted by molar-refractivity contribution is 8.00. The maximum atomic E-state index is 2.43. The summed E-state index contributed by atoms with van der Waals surface area (Å²) in [6, 6.07) is 52.2. The van der Waals surface area contributed by atoms with Gasteiger partial charge in [-0.1, -0.05) is 133 Å². The van der Waals surface area contributed by atoms with E-state index in [1.807, 2.05) is 11.8 Å². The van der Waals surface area contributed by atoms with E-state index in [4.69, 9.17) is 0 Å². The van der Waals surface area contributed by atoms with Crippen molar-refractivity contribution in [2.24, 2.45) is 0 Å². The van der Waals surface area contributed by atoms with Crippen molar-refractivity contribution in [2.45, 2.75) is 16.1 Å². The number of allylic oxidation sites excluding steroid dienone is 3. The molecule has 0 saturated heterocycles. The molecule has 224 valence electrons. The van der Waals surface area contributed by atoms with E-state index in [9.17, 15) is 0 Å². The molecule has 0 spiro atoms. The van der Waals surface area contributed by atoms with Crippen LogP contribution in [0, 0.1) is 0 Å². The van der Waals surface area contributed by atoms with E-state index in [2.05, 4.69) is 168 Å². The lowest BCUT2D eigenvalue weighted by Crippen LogP contribution is -2.06. The Labute approximate surface area is 282 Å². The maximum absolute atomic E-state index is 2.43. The first-order valence-electron chi connectivity index (χ1n) is 16.8. The largest absolute Gasteiger partial charge is 0.309 e. The molecule has 2 aliphatic rings. The average Bonchev–Trinajstić information content (AvgIpc) is 3.70. The molecule has 0 amide bonds. The fraction of sp³-hybridized carbons (Fsp3) is 0.0435. The second kappa shape index (κ2) is 9.97. The molecule has 0 N–H and O–H groups in total. The van der Waals surface area contributed by atoms with Crippen molar-refractivity contribution in [3.05, 3.63) is 169 Å². The van der Waals surface area contributed by atoms with Crippen LogP contribution in [0.4, 0.5) is 0 Å². The van der Waals surface area contributed by atoms with E-state index in [1.165, 1.54) is 92.5 Å². The van der Waals surface area contributed by atoms with E-state index >= 15 is 0 Å². The molecular weight excluding hydrogens is 599 g/mol. The van der Waals surface area contributed by atoms with Gasteiger partial charge in [0.05, 0.1) is 11.0 Å². The van der Waals surface area contributed by atoms with Gasteiger partial charge >= 0.3 is 0 Å². The molecule has 1 nitrogen and oxygen atoms in total. The maximum Gasteiger partial charge on any atom is 0.0541 e. The van der Waals surface area contributed by atoms with Crippen molar-refractivity contribution in [2.75, 3.05) is 0 Å². The predicted octanol–water partition coefficient (Wildman–Crippen LogP) is 12.7. The molecule has 8 aromatic carbocycles. The molecule has 2 unspecified atom stereocenters. The molecule has 1 aromatic heterocycles. The van der Waals surface area contributed by atoms with E-state index in [0.717, 1.165) is 0 Å². The molecule has 48 heavy (non-hydrogen) atoms. The van der Waals surface area contributed by atoms with Gasteiger partial charge in [0, 0.05) is 32.5 Å². The van der Waals surface area contributed by atoms with Gasteiger partial charge in [-0.25, -0.2) is 0 Å². The smallest absolute Gasteiger partial charge is 0.0541 e. The van der Waals surface area contributed by atoms with Crippen LogP contribution in [0.15, 0.2) is 169 Å². The minimum absolute atomic E-state index is 0.463. The summed E-state index contributed by atoms with van der Waals surface area (Å²) < 4.78 is 2.43. The van der Waals surface area contributed by atoms with E-state index in [0.29, 0.717) is 11.2 Å². The molecule has 2 atom stereocenters. The minimum atomic E-state index is 0.463. The molecule has 9 aromatic rings. The topological polar surface area (TPSA) is 4.93 Å². The monoisotopic (exact) mass is 627 g/mol. The van der Waals surface area contributed by atoms with Crippen molar-refractivity contribution in [3.63, 3.8) is 0 Å². The van der Waals surface area contributed by atoms with Crippen molar-refractivity contribution in [3.8, 4) is 27.9 Å². The van der Waals surface area contributed by atoms with Gasteiger partial charge in [0.15, 0.2) is 0 Å². The number of benzene rings is 8. The Morgan fingerprint density at radius 2 is 1.21 bits per heavy atom. The summed E-state index contributed by atoms with van der Waals surface area (Å²) >= 11 is 2.01. The summed E-state index contributed by atoms with van der Waals surface area (Å²) in [5, 5.41) is 11.0. The Morgan fingerprint density at radius 1 is 0.479 bits per heavy atom. The second-order valence-corrected chi connectivity index (χ2v) is 14.4. The van der Waals surface area contributed by atoms with Gasteiger partial charge < -0.3 is 4.57 Å². The van der Waals surface area contributed by atoms with Crippen molar-refractivity contribution >= 4 is 65.9 Å². The summed E-state index contributed by atoms with van der Waals surface area (Å²) in [7, 11) is 0. The Hall–Kier alpha value is -5.57. The second-order valence-electron chi connectivity index (χ2n) is 13.2.